The van der Waals surface area contributed by atoms with Crippen LogP contribution in [0.3, 0.4) is 0 Å². The second kappa shape index (κ2) is 3.91. The SMILES string of the molecule is NCC1CCCCCC1F. The van der Waals surface area contributed by atoms with Gasteiger partial charge in [0, 0.05) is 5.92 Å². The number of halogens is 1. The molecule has 1 aliphatic carbocycles. The molecular weight excluding hydrogens is 129 g/mol. The average Bonchev–Trinajstić information content (AvgIpc) is 2.13. The van der Waals surface area contributed by atoms with E-state index in [0.717, 1.165) is 19.3 Å². The van der Waals surface area contributed by atoms with Gasteiger partial charge in [0.25, 0.3) is 0 Å². The van der Waals surface area contributed by atoms with Crippen LogP contribution in [0.1, 0.15) is 32.1 Å². The van der Waals surface area contributed by atoms with E-state index in [-0.39, 0.29) is 5.92 Å². The molecule has 0 aromatic rings. The Morgan fingerprint density at radius 1 is 1.20 bits per heavy atom. The summed E-state index contributed by atoms with van der Waals surface area (Å²) >= 11 is 0. The Balaban J connectivity index is 2.35. The van der Waals surface area contributed by atoms with Gasteiger partial charge in [-0.25, -0.2) is 4.39 Å². The number of rotatable bonds is 1. The molecule has 0 aromatic carbocycles. The third kappa shape index (κ3) is 1.94. The van der Waals surface area contributed by atoms with Crippen molar-refractivity contribution in [3.05, 3.63) is 0 Å². The van der Waals surface area contributed by atoms with E-state index >= 15 is 0 Å². The summed E-state index contributed by atoms with van der Waals surface area (Å²) in [6, 6.07) is 0. The minimum absolute atomic E-state index is 0.155. The van der Waals surface area contributed by atoms with E-state index in [9.17, 15) is 4.39 Å². The Kier molecular flexibility index (Phi) is 3.13. The van der Waals surface area contributed by atoms with Gasteiger partial charge < -0.3 is 5.73 Å². The van der Waals surface area contributed by atoms with Crippen LogP contribution in [0.2, 0.25) is 0 Å². The van der Waals surface area contributed by atoms with Crippen molar-refractivity contribution in [2.45, 2.75) is 38.3 Å². The highest BCUT2D eigenvalue weighted by molar-refractivity contribution is 4.73. The number of hydrogen-bond acceptors (Lipinski definition) is 1. The van der Waals surface area contributed by atoms with Crippen molar-refractivity contribution in [2.24, 2.45) is 11.7 Å². The molecule has 0 spiro atoms. The van der Waals surface area contributed by atoms with E-state index < -0.39 is 6.17 Å². The Hall–Kier alpha value is -0.110. The first-order valence-electron chi connectivity index (χ1n) is 4.18. The molecule has 1 nitrogen and oxygen atoms in total. The molecule has 0 aliphatic heterocycles. The molecule has 0 saturated heterocycles. The summed E-state index contributed by atoms with van der Waals surface area (Å²) in [5.41, 5.74) is 5.42. The summed E-state index contributed by atoms with van der Waals surface area (Å²) in [6.07, 6.45) is 4.53. The monoisotopic (exact) mass is 145 g/mol. The quantitative estimate of drug-likeness (QED) is 0.560. The van der Waals surface area contributed by atoms with E-state index in [1.54, 1.807) is 0 Å². The highest BCUT2D eigenvalue weighted by Crippen LogP contribution is 2.24. The largest absolute Gasteiger partial charge is 0.330 e. The zero-order valence-electron chi connectivity index (χ0n) is 6.35. The zero-order chi connectivity index (χ0) is 7.40. The third-order valence-electron chi connectivity index (χ3n) is 2.37. The van der Waals surface area contributed by atoms with Gasteiger partial charge in [0.2, 0.25) is 0 Å². The van der Waals surface area contributed by atoms with Crippen LogP contribution >= 0.6 is 0 Å². The lowest BCUT2D eigenvalue weighted by Crippen LogP contribution is -2.23. The van der Waals surface area contributed by atoms with Gasteiger partial charge in [-0.1, -0.05) is 19.3 Å². The van der Waals surface area contributed by atoms with E-state index in [1.165, 1.54) is 12.8 Å². The molecule has 60 valence electrons. The molecule has 0 aromatic heterocycles. The molecule has 0 radical (unpaired) electrons. The molecule has 0 heterocycles. The Morgan fingerprint density at radius 2 is 1.90 bits per heavy atom. The smallest absolute Gasteiger partial charge is 0.104 e. The maximum atomic E-state index is 13.0. The number of alkyl halides is 1. The fourth-order valence-electron chi connectivity index (χ4n) is 1.60. The molecule has 1 aliphatic rings. The van der Waals surface area contributed by atoms with Crippen LogP contribution in [0.4, 0.5) is 4.39 Å². The molecule has 2 heteroatoms. The highest BCUT2D eigenvalue weighted by atomic mass is 19.1. The van der Waals surface area contributed by atoms with Gasteiger partial charge in [0.15, 0.2) is 0 Å². The van der Waals surface area contributed by atoms with Crippen LogP contribution in [0, 0.1) is 5.92 Å². The molecule has 2 atom stereocenters. The Bertz CT molecular complexity index is 95.3. The Labute approximate surface area is 61.8 Å². The van der Waals surface area contributed by atoms with Crippen LogP contribution in [0.25, 0.3) is 0 Å². The van der Waals surface area contributed by atoms with Crippen molar-refractivity contribution in [2.75, 3.05) is 6.54 Å². The maximum absolute atomic E-state index is 13.0. The standard InChI is InChI=1S/C8H16FN/c9-8-5-3-1-2-4-7(8)6-10/h7-8H,1-6,10H2. The van der Waals surface area contributed by atoms with Gasteiger partial charge in [0.05, 0.1) is 0 Å². The molecule has 0 amide bonds. The molecule has 2 N–H and O–H groups in total. The minimum Gasteiger partial charge on any atom is -0.330 e. The van der Waals surface area contributed by atoms with Gasteiger partial charge in [-0.3, -0.25) is 0 Å². The topological polar surface area (TPSA) is 26.0 Å². The second-order valence-corrected chi connectivity index (χ2v) is 3.15. The maximum Gasteiger partial charge on any atom is 0.104 e. The number of nitrogens with two attached hydrogens (primary N) is 1. The first-order chi connectivity index (χ1) is 4.84. The van der Waals surface area contributed by atoms with Gasteiger partial charge in [0.1, 0.15) is 6.17 Å². The van der Waals surface area contributed by atoms with Crippen LogP contribution in [-0.2, 0) is 0 Å². The van der Waals surface area contributed by atoms with Crippen molar-refractivity contribution in [3.8, 4) is 0 Å². The normalized spacial score (nSPS) is 35.4. The summed E-state index contributed by atoms with van der Waals surface area (Å²) in [5, 5.41) is 0. The van der Waals surface area contributed by atoms with Crippen LogP contribution < -0.4 is 5.73 Å². The van der Waals surface area contributed by atoms with E-state index in [2.05, 4.69) is 0 Å². The third-order valence-corrected chi connectivity index (χ3v) is 2.37. The fourth-order valence-corrected chi connectivity index (χ4v) is 1.60. The van der Waals surface area contributed by atoms with Crippen molar-refractivity contribution >= 4 is 0 Å². The fraction of sp³-hybridized carbons (Fsp3) is 1.00. The zero-order valence-corrected chi connectivity index (χ0v) is 6.35. The summed E-state index contributed by atoms with van der Waals surface area (Å²) in [4.78, 5) is 0. The van der Waals surface area contributed by atoms with Crippen molar-refractivity contribution < 1.29 is 4.39 Å². The first kappa shape index (κ1) is 7.99. The molecule has 1 rings (SSSR count). The molecule has 1 fully saturated rings. The highest BCUT2D eigenvalue weighted by Gasteiger charge is 2.21. The van der Waals surface area contributed by atoms with Gasteiger partial charge >= 0.3 is 0 Å². The van der Waals surface area contributed by atoms with Crippen molar-refractivity contribution in [1.82, 2.24) is 0 Å². The summed E-state index contributed by atoms with van der Waals surface area (Å²) in [6.45, 7) is 0.529. The number of hydrogen-bond donors (Lipinski definition) is 1. The molecule has 1 saturated carbocycles. The summed E-state index contributed by atoms with van der Waals surface area (Å²) in [5.74, 6) is 0.155. The minimum atomic E-state index is -0.618. The van der Waals surface area contributed by atoms with Crippen LogP contribution in [0.5, 0.6) is 0 Å². The van der Waals surface area contributed by atoms with E-state index in [0.29, 0.717) is 6.54 Å². The average molecular weight is 145 g/mol. The lowest BCUT2D eigenvalue weighted by molar-refractivity contribution is 0.220. The molecule has 0 bridgehead atoms. The van der Waals surface area contributed by atoms with Crippen molar-refractivity contribution in [1.29, 1.82) is 0 Å². The Morgan fingerprint density at radius 3 is 2.60 bits per heavy atom. The molecule has 2 unspecified atom stereocenters. The predicted octanol–water partition coefficient (Wildman–Crippen LogP) is 1.86. The lowest BCUT2D eigenvalue weighted by atomic mass is 9.99. The summed E-state index contributed by atoms with van der Waals surface area (Å²) < 4.78 is 13.0. The molecule has 10 heavy (non-hydrogen) atoms. The van der Waals surface area contributed by atoms with Crippen molar-refractivity contribution in [3.63, 3.8) is 0 Å². The predicted molar refractivity (Wildman–Crippen MR) is 40.5 cm³/mol. The van der Waals surface area contributed by atoms with Crippen LogP contribution in [0.15, 0.2) is 0 Å². The van der Waals surface area contributed by atoms with Crippen LogP contribution in [-0.4, -0.2) is 12.7 Å². The van der Waals surface area contributed by atoms with E-state index in [1.807, 2.05) is 0 Å². The van der Waals surface area contributed by atoms with Gasteiger partial charge in [-0.15, -0.1) is 0 Å². The van der Waals surface area contributed by atoms with Gasteiger partial charge in [-0.05, 0) is 19.4 Å². The van der Waals surface area contributed by atoms with Gasteiger partial charge in [-0.2, -0.15) is 0 Å². The first-order valence-corrected chi connectivity index (χ1v) is 4.18. The second-order valence-electron chi connectivity index (χ2n) is 3.15. The van der Waals surface area contributed by atoms with E-state index in [4.69, 9.17) is 5.73 Å². The lowest BCUT2D eigenvalue weighted by Gasteiger charge is -2.14. The molecular formula is C8H16FN. The summed E-state index contributed by atoms with van der Waals surface area (Å²) in [7, 11) is 0.